The molecule has 2 unspecified atom stereocenters. The van der Waals surface area contributed by atoms with Crippen molar-refractivity contribution in [1.29, 1.82) is 0 Å². The number of fused-ring (bicyclic) bond motifs is 1. The number of aliphatic hydroxyl groups is 1. The van der Waals surface area contributed by atoms with Gasteiger partial charge in [0.05, 0.1) is 11.5 Å². The molecule has 2 aliphatic rings. The highest BCUT2D eigenvalue weighted by atomic mass is 16.6. The monoisotopic (exact) mass is 370 g/mol. The van der Waals surface area contributed by atoms with Gasteiger partial charge in [0.25, 0.3) is 5.69 Å². The van der Waals surface area contributed by atoms with Crippen LogP contribution >= 0.6 is 0 Å². The van der Waals surface area contributed by atoms with Crippen LogP contribution < -0.4 is 4.74 Å². The molecule has 6 nitrogen and oxygen atoms in total. The molecule has 144 valence electrons. The molecule has 0 radical (unpaired) electrons. The summed E-state index contributed by atoms with van der Waals surface area (Å²) < 4.78 is 6.49. The quantitative estimate of drug-likeness (QED) is 0.483. The van der Waals surface area contributed by atoms with Gasteiger partial charge in [-0.2, -0.15) is 0 Å². The first-order valence-corrected chi connectivity index (χ1v) is 9.18. The summed E-state index contributed by atoms with van der Waals surface area (Å²) in [6.07, 6.45) is 12.9. The van der Waals surface area contributed by atoms with Gasteiger partial charge < -0.3 is 9.84 Å². The number of likely N-dealkylation sites (tertiary alicyclic amines) is 1. The molecule has 1 aromatic rings. The molecule has 0 aromatic heterocycles. The summed E-state index contributed by atoms with van der Waals surface area (Å²) in [5.74, 6) is 0.622. The van der Waals surface area contributed by atoms with E-state index >= 15 is 0 Å². The van der Waals surface area contributed by atoms with E-state index in [0.29, 0.717) is 17.9 Å². The van der Waals surface area contributed by atoms with E-state index in [1.165, 1.54) is 12.1 Å². The van der Waals surface area contributed by atoms with Crippen LogP contribution in [-0.2, 0) is 0 Å². The molecule has 1 aromatic carbocycles. The molecule has 1 N–H and O–H groups in total. The lowest BCUT2D eigenvalue weighted by Crippen LogP contribution is -2.57. The fourth-order valence-corrected chi connectivity index (χ4v) is 4.12. The fraction of sp³-hybridized carbons (Fsp3) is 0.429. The molecule has 27 heavy (non-hydrogen) atoms. The number of nitrogens with zero attached hydrogens (tertiary/aromatic N) is 2. The van der Waals surface area contributed by atoms with Crippen LogP contribution in [-0.4, -0.2) is 39.8 Å². The third-order valence-corrected chi connectivity index (χ3v) is 5.45. The van der Waals surface area contributed by atoms with E-state index in [-0.39, 0.29) is 23.8 Å². The number of β-amino-alcohol motifs (C(OH)–C–C–N with tert-alkyl or cyclic N) is 1. The van der Waals surface area contributed by atoms with Gasteiger partial charge in [0, 0.05) is 35.7 Å². The Kier molecular flexibility index (Phi) is 5.22. The molecule has 1 spiro atoms. The minimum atomic E-state index is -0.718. The first-order valence-electron chi connectivity index (χ1n) is 9.18. The third-order valence-electron chi connectivity index (χ3n) is 5.45. The zero-order valence-corrected chi connectivity index (χ0v) is 16.0. The molecular formula is C21H26N2O4. The highest BCUT2D eigenvalue weighted by Gasteiger charge is 2.59. The SMILES string of the molecule is C/C=C\C=C/C1CC(C)(C)C2(C=Cc3cc([N+](=O)[O-])ccc3O2)N1CCO. The minimum absolute atomic E-state index is 0.0239. The van der Waals surface area contributed by atoms with Crippen molar-refractivity contribution in [1.82, 2.24) is 4.90 Å². The molecule has 2 heterocycles. The second kappa shape index (κ2) is 7.29. The molecular weight excluding hydrogens is 344 g/mol. The number of non-ortho nitro benzene ring substituents is 1. The largest absolute Gasteiger partial charge is 0.468 e. The molecule has 1 fully saturated rings. The number of nitro benzene ring substituents is 1. The first-order chi connectivity index (χ1) is 12.8. The Morgan fingerprint density at radius 3 is 2.85 bits per heavy atom. The van der Waals surface area contributed by atoms with Gasteiger partial charge in [0.15, 0.2) is 5.72 Å². The van der Waals surface area contributed by atoms with Crippen LogP contribution in [0.4, 0.5) is 5.69 Å². The van der Waals surface area contributed by atoms with E-state index in [9.17, 15) is 15.2 Å². The van der Waals surface area contributed by atoms with Gasteiger partial charge in [-0.3, -0.25) is 15.0 Å². The predicted molar refractivity (Wildman–Crippen MR) is 105 cm³/mol. The maximum atomic E-state index is 11.0. The van der Waals surface area contributed by atoms with Gasteiger partial charge in [-0.1, -0.05) is 38.2 Å². The average Bonchev–Trinajstić information content (AvgIpc) is 2.82. The first kappa shape index (κ1) is 19.3. The van der Waals surface area contributed by atoms with Crippen molar-refractivity contribution in [2.45, 2.75) is 39.0 Å². The lowest BCUT2D eigenvalue weighted by atomic mass is 9.79. The summed E-state index contributed by atoms with van der Waals surface area (Å²) in [7, 11) is 0. The van der Waals surface area contributed by atoms with Crippen molar-refractivity contribution in [3.05, 3.63) is 64.3 Å². The predicted octanol–water partition coefficient (Wildman–Crippen LogP) is 3.92. The Bertz CT molecular complexity index is 812. The summed E-state index contributed by atoms with van der Waals surface area (Å²) in [5.41, 5.74) is -0.196. The van der Waals surface area contributed by atoms with Crippen LogP contribution in [0.25, 0.3) is 6.08 Å². The number of hydrogen-bond donors (Lipinski definition) is 1. The van der Waals surface area contributed by atoms with Crippen LogP contribution in [0.15, 0.2) is 48.6 Å². The highest BCUT2D eigenvalue weighted by molar-refractivity contribution is 5.64. The number of nitro groups is 1. The Morgan fingerprint density at radius 1 is 1.41 bits per heavy atom. The van der Waals surface area contributed by atoms with E-state index in [2.05, 4.69) is 24.8 Å². The number of benzene rings is 1. The Hall–Kier alpha value is -2.44. The van der Waals surface area contributed by atoms with Crippen molar-refractivity contribution in [2.24, 2.45) is 5.41 Å². The topological polar surface area (TPSA) is 75.8 Å². The molecule has 0 bridgehead atoms. The number of aliphatic hydroxyl groups excluding tert-OH is 1. The summed E-state index contributed by atoms with van der Waals surface area (Å²) in [5, 5.41) is 20.7. The van der Waals surface area contributed by atoms with Crippen molar-refractivity contribution >= 4 is 11.8 Å². The third kappa shape index (κ3) is 3.31. The molecule has 3 rings (SSSR count). The van der Waals surface area contributed by atoms with Crippen molar-refractivity contribution in [3.8, 4) is 5.75 Å². The van der Waals surface area contributed by atoms with Gasteiger partial charge in [-0.25, -0.2) is 0 Å². The number of rotatable bonds is 5. The van der Waals surface area contributed by atoms with Gasteiger partial charge in [-0.05, 0) is 31.6 Å². The number of allylic oxidation sites excluding steroid dienone is 3. The van der Waals surface area contributed by atoms with Crippen molar-refractivity contribution in [3.63, 3.8) is 0 Å². The zero-order chi connectivity index (χ0) is 19.7. The van der Waals surface area contributed by atoms with Crippen LogP contribution in [0, 0.1) is 15.5 Å². The van der Waals surface area contributed by atoms with E-state index < -0.39 is 10.6 Å². The smallest absolute Gasteiger partial charge is 0.270 e. The number of hydrogen-bond acceptors (Lipinski definition) is 5. The Morgan fingerprint density at radius 2 is 2.19 bits per heavy atom. The molecule has 6 heteroatoms. The van der Waals surface area contributed by atoms with Gasteiger partial charge in [0.2, 0.25) is 0 Å². The molecule has 2 aliphatic heterocycles. The van der Waals surface area contributed by atoms with Crippen LogP contribution in [0.2, 0.25) is 0 Å². The Balaban J connectivity index is 2.01. The normalized spacial score (nSPS) is 26.7. The van der Waals surface area contributed by atoms with Crippen LogP contribution in [0.5, 0.6) is 5.75 Å². The summed E-state index contributed by atoms with van der Waals surface area (Å²) in [6.45, 7) is 6.78. The lowest BCUT2D eigenvalue weighted by molar-refractivity contribution is -0.384. The van der Waals surface area contributed by atoms with Gasteiger partial charge in [-0.15, -0.1) is 0 Å². The molecule has 0 aliphatic carbocycles. The van der Waals surface area contributed by atoms with E-state index in [1.807, 2.05) is 37.3 Å². The van der Waals surface area contributed by atoms with Gasteiger partial charge >= 0.3 is 0 Å². The Labute approximate surface area is 159 Å². The maximum Gasteiger partial charge on any atom is 0.270 e. The number of ether oxygens (including phenoxy) is 1. The second-order valence-electron chi connectivity index (χ2n) is 7.59. The summed E-state index contributed by atoms with van der Waals surface area (Å²) in [6, 6.07) is 4.77. The molecule has 0 amide bonds. The zero-order valence-electron chi connectivity index (χ0n) is 16.0. The summed E-state index contributed by atoms with van der Waals surface area (Å²) in [4.78, 5) is 12.8. The van der Waals surface area contributed by atoms with Crippen molar-refractivity contribution in [2.75, 3.05) is 13.2 Å². The highest BCUT2D eigenvalue weighted by Crippen LogP contribution is 2.52. The lowest BCUT2D eigenvalue weighted by Gasteiger charge is -2.46. The molecule has 2 atom stereocenters. The minimum Gasteiger partial charge on any atom is -0.468 e. The standard InChI is InChI=1S/C21H26N2O4/c1-4-5-6-7-18-15-20(2,3)21(22(18)12-13-24)11-10-16-14-17(23(25)26)8-9-19(16)27-21/h4-11,14,18,24H,12-13,15H2,1-3H3/b5-4-,7-6-. The van der Waals surface area contributed by atoms with E-state index in [4.69, 9.17) is 4.74 Å². The molecule has 1 saturated heterocycles. The van der Waals surface area contributed by atoms with Gasteiger partial charge in [0.1, 0.15) is 5.75 Å². The molecule has 0 saturated carbocycles. The van der Waals surface area contributed by atoms with Crippen LogP contribution in [0.1, 0.15) is 32.8 Å². The van der Waals surface area contributed by atoms with E-state index in [0.717, 1.165) is 6.42 Å². The second-order valence-corrected chi connectivity index (χ2v) is 7.59. The van der Waals surface area contributed by atoms with Crippen molar-refractivity contribution < 1.29 is 14.8 Å². The van der Waals surface area contributed by atoms with E-state index in [1.54, 1.807) is 6.07 Å². The summed E-state index contributed by atoms with van der Waals surface area (Å²) >= 11 is 0. The maximum absolute atomic E-state index is 11.0. The fourth-order valence-electron chi connectivity index (χ4n) is 4.12. The average molecular weight is 370 g/mol. The van der Waals surface area contributed by atoms with Crippen LogP contribution in [0.3, 0.4) is 0 Å².